The molecule has 200 valence electrons. The highest BCUT2D eigenvalue weighted by atomic mass is 28.4. The van der Waals surface area contributed by atoms with Crippen molar-refractivity contribution in [2.75, 3.05) is 27.9 Å². The van der Waals surface area contributed by atoms with Crippen LogP contribution in [0.25, 0.3) is 0 Å². The second-order valence-electron chi connectivity index (χ2n) is 10.5. The van der Waals surface area contributed by atoms with Gasteiger partial charge in [0.05, 0.1) is 12.7 Å². The van der Waals surface area contributed by atoms with Crippen molar-refractivity contribution in [3.8, 4) is 0 Å². The number of carbonyl (C=O) groups is 1. The van der Waals surface area contributed by atoms with Crippen LogP contribution in [0.3, 0.4) is 0 Å². The SMILES string of the molecule is CO[C@@H]1[C@@H](OC)[C@@H](O)O[C@H](CO[C@@H]2C[C@@H](OC(C)=O)[C@H](O[Si](C)(C)C(C)(C)C)[C@@H](C)O2)[C@H]1OC. The molecule has 2 aliphatic rings. The topological polar surface area (TPSA) is 111 Å². The third-order valence-corrected chi connectivity index (χ3v) is 11.5. The largest absolute Gasteiger partial charge is 0.460 e. The molecular formula is C23H44O10Si. The smallest absolute Gasteiger partial charge is 0.302 e. The monoisotopic (exact) mass is 508 g/mol. The van der Waals surface area contributed by atoms with Gasteiger partial charge in [-0.3, -0.25) is 4.79 Å². The van der Waals surface area contributed by atoms with Crippen molar-refractivity contribution in [2.24, 2.45) is 0 Å². The van der Waals surface area contributed by atoms with Gasteiger partial charge in [-0.25, -0.2) is 0 Å². The summed E-state index contributed by atoms with van der Waals surface area (Å²) in [5, 5.41) is 10.3. The molecule has 0 spiro atoms. The molecule has 1 N–H and O–H groups in total. The number of aliphatic hydroxyl groups excluding tert-OH is 1. The molecule has 2 fully saturated rings. The van der Waals surface area contributed by atoms with Gasteiger partial charge in [-0.15, -0.1) is 0 Å². The molecule has 2 saturated heterocycles. The second-order valence-corrected chi connectivity index (χ2v) is 15.3. The molecule has 2 aliphatic heterocycles. The third-order valence-electron chi connectivity index (χ3n) is 7.05. The fourth-order valence-corrected chi connectivity index (χ4v) is 5.54. The summed E-state index contributed by atoms with van der Waals surface area (Å²) < 4.78 is 46.5. The third kappa shape index (κ3) is 6.98. The summed E-state index contributed by atoms with van der Waals surface area (Å²) in [5.74, 6) is -0.381. The summed E-state index contributed by atoms with van der Waals surface area (Å²) in [4.78, 5) is 11.8. The Morgan fingerprint density at radius 3 is 2.09 bits per heavy atom. The van der Waals surface area contributed by atoms with Gasteiger partial charge < -0.3 is 42.7 Å². The Balaban J connectivity index is 2.09. The van der Waals surface area contributed by atoms with Crippen molar-refractivity contribution in [3.05, 3.63) is 0 Å². The molecule has 0 unspecified atom stereocenters. The lowest BCUT2D eigenvalue weighted by atomic mass is 9.98. The standard InChI is InChI=1S/C23H44O10Si/c1-13-18(33-34(9,10)23(3,4)5)15(31-14(2)24)11-17(30-13)29-12-16-19(26-6)20(27-7)21(28-8)22(25)32-16/h13,15-22,25H,11-12H2,1-10H3/t13-,15-,16-,17+,18-,19-,20+,21-,22+/m1/s1. The van der Waals surface area contributed by atoms with Gasteiger partial charge in [-0.1, -0.05) is 20.8 Å². The molecule has 10 nitrogen and oxygen atoms in total. The van der Waals surface area contributed by atoms with Crippen LogP contribution in [0.15, 0.2) is 0 Å². The Bertz CT molecular complexity index is 654. The number of rotatable bonds is 9. The van der Waals surface area contributed by atoms with E-state index in [9.17, 15) is 9.90 Å². The fraction of sp³-hybridized carbons (Fsp3) is 0.957. The van der Waals surface area contributed by atoms with Crippen LogP contribution >= 0.6 is 0 Å². The number of methoxy groups -OCH3 is 3. The zero-order valence-corrected chi connectivity index (χ0v) is 23.2. The predicted molar refractivity (Wildman–Crippen MR) is 126 cm³/mol. The molecule has 0 aromatic heterocycles. The summed E-state index contributed by atoms with van der Waals surface area (Å²) in [6.07, 6.45) is -5.21. The van der Waals surface area contributed by atoms with Crippen molar-refractivity contribution in [3.63, 3.8) is 0 Å². The highest BCUT2D eigenvalue weighted by Crippen LogP contribution is 2.40. The molecule has 0 aliphatic carbocycles. The molecule has 0 bridgehead atoms. The second kappa shape index (κ2) is 12.1. The molecule has 0 amide bonds. The van der Waals surface area contributed by atoms with Crippen molar-refractivity contribution >= 4 is 14.3 Å². The van der Waals surface area contributed by atoms with Gasteiger partial charge in [0.2, 0.25) is 0 Å². The average molecular weight is 509 g/mol. The van der Waals surface area contributed by atoms with Crippen LogP contribution in [-0.4, -0.2) is 103 Å². The molecule has 0 saturated carbocycles. The summed E-state index contributed by atoms with van der Waals surface area (Å²) >= 11 is 0. The number of carbonyl (C=O) groups excluding carboxylic acids is 1. The van der Waals surface area contributed by atoms with E-state index < -0.39 is 57.5 Å². The van der Waals surface area contributed by atoms with Gasteiger partial charge in [-0.05, 0) is 25.1 Å². The van der Waals surface area contributed by atoms with Crippen LogP contribution < -0.4 is 0 Å². The van der Waals surface area contributed by atoms with Crippen LogP contribution in [0.2, 0.25) is 18.1 Å². The minimum Gasteiger partial charge on any atom is -0.460 e. The molecule has 2 rings (SSSR count). The Kier molecular flexibility index (Phi) is 10.5. The van der Waals surface area contributed by atoms with Crippen LogP contribution in [0.4, 0.5) is 0 Å². The molecular weight excluding hydrogens is 464 g/mol. The Labute approximate surface area is 204 Å². The van der Waals surface area contributed by atoms with Gasteiger partial charge in [0.1, 0.15) is 36.6 Å². The maximum absolute atomic E-state index is 11.8. The van der Waals surface area contributed by atoms with Gasteiger partial charge in [0.15, 0.2) is 20.9 Å². The zero-order chi connectivity index (χ0) is 25.8. The van der Waals surface area contributed by atoms with Crippen LogP contribution in [-0.2, 0) is 42.4 Å². The lowest BCUT2D eigenvalue weighted by Gasteiger charge is -2.46. The highest BCUT2D eigenvalue weighted by Gasteiger charge is 2.49. The minimum atomic E-state index is -2.14. The van der Waals surface area contributed by atoms with E-state index in [0.717, 1.165) is 0 Å². The van der Waals surface area contributed by atoms with E-state index in [0.29, 0.717) is 6.42 Å². The first-order valence-corrected chi connectivity index (χ1v) is 14.7. The fourth-order valence-electron chi connectivity index (χ4n) is 4.16. The first kappa shape index (κ1) is 29.6. The number of hydrogen-bond acceptors (Lipinski definition) is 10. The number of hydrogen-bond donors (Lipinski definition) is 1. The lowest BCUT2D eigenvalue weighted by molar-refractivity contribution is -0.314. The molecule has 2 heterocycles. The molecule has 0 radical (unpaired) electrons. The van der Waals surface area contributed by atoms with Gasteiger partial charge in [0, 0.05) is 34.7 Å². The quantitative estimate of drug-likeness (QED) is 0.368. The highest BCUT2D eigenvalue weighted by molar-refractivity contribution is 6.74. The van der Waals surface area contributed by atoms with Crippen LogP contribution in [0.5, 0.6) is 0 Å². The predicted octanol–water partition coefficient (Wildman–Crippen LogP) is 2.22. The van der Waals surface area contributed by atoms with Crippen LogP contribution in [0, 0.1) is 0 Å². The van der Waals surface area contributed by atoms with Crippen molar-refractivity contribution in [2.45, 2.75) is 114 Å². The molecule has 34 heavy (non-hydrogen) atoms. The van der Waals surface area contributed by atoms with E-state index in [-0.39, 0.29) is 23.7 Å². The summed E-state index contributed by atoms with van der Waals surface area (Å²) in [6, 6.07) is 0. The molecule has 0 aromatic carbocycles. The van der Waals surface area contributed by atoms with Crippen molar-refractivity contribution in [1.29, 1.82) is 0 Å². The molecule has 9 atom stereocenters. The Hall–Kier alpha value is -0.633. The Morgan fingerprint density at radius 2 is 1.59 bits per heavy atom. The lowest BCUT2D eigenvalue weighted by Crippen LogP contribution is -2.61. The number of aliphatic hydroxyl groups is 1. The van der Waals surface area contributed by atoms with Gasteiger partial charge >= 0.3 is 5.97 Å². The van der Waals surface area contributed by atoms with E-state index in [1.165, 1.54) is 28.3 Å². The van der Waals surface area contributed by atoms with Crippen molar-refractivity contribution in [1.82, 2.24) is 0 Å². The van der Waals surface area contributed by atoms with E-state index in [2.05, 4.69) is 33.9 Å². The zero-order valence-electron chi connectivity index (χ0n) is 22.2. The first-order valence-electron chi connectivity index (χ1n) is 11.8. The molecule has 11 heteroatoms. The Morgan fingerprint density at radius 1 is 1.00 bits per heavy atom. The minimum absolute atomic E-state index is 0.00683. The average Bonchev–Trinajstić information content (AvgIpc) is 2.72. The van der Waals surface area contributed by atoms with Crippen LogP contribution in [0.1, 0.15) is 41.0 Å². The maximum Gasteiger partial charge on any atom is 0.302 e. The molecule has 0 aromatic rings. The summed E-state index contributed by atoms with van der Waals surface area (Å²) in [7, 11) is 2.40. The van der Waals surface area contributed by atoms with Crippen molar-refractivity contribution < 1.29 is 47.5 Å². The number of ether oxygens (including phenoxy) is 7. The van der Waals surface area contributed by atoms with E-state index in [1.54, 1.807) is 0 Å². The normalized spacial score (nSPS) is 37.4. The van der Waals surface area contributed by atoms with Gasteiger partial charge in [0.25, 0.3) is 0 Å². The summed E-state index contributed by atoms with van der Waals surface area (Å²) in [5.41, 5.74) is 0. The maximum atomic E-state index is 11.8. The van der Waals surface area contributed by atoms with E-state index >= 15 is 0 Å². The summed E-state index contributed by atoms with van der Waals surface area (Å²) in [6.45, 7) is 14.1. The first-order chi connectivity index (χ1) is 15.7. The number of esters is 1. The van der Waals surface area contributed by atoms with E-state index in [1.807, 2.05) is 6.92 Å². The van der Waals surface area contributed by atoms with Gasteiger partial charge in [-0.2, -0.15) is 0 Å². The van der Waals surface area contributed by atoms with E-state index in [4.69, 9.17) is 37.6 Å².